The number of hydrogen-bond donors (Lipinski definition) is 3. The number of carbonyl (C=O) groups excluding carboxylic acids is 1. The van der Waals surface area contributed by atoms with Crippen LogP contribution in [0.1, 0.15) is 35.7 Å². The van der Waals surface area contributed by atoms with Crippen molar-refractivity contribution < 1.29 is 14.6 Å². The van der Waals surface area contributed by atoms with E-state index in [1.54, 1.807) is 6.20 Å². The number of aliphatic hydroxyl groups excluding tert-OH is 1. The molecule has 2 aromatic rings. The van der Waals surface area contributed by atoms with Gasteiger partial charge in [0.25, 0.3) is 5.91 Å². The summed E-state index contributed by atoms with van der Waals surface area (Å²) >= 11 is 0. The molecule has 3 rings (SSSR count). The normalized spacial score (nSPS) is 20.0. The van der Waals surface area contributed by atoms with Gasteiger partial charge in [0.15, 0.2) is 0 Å². The van der Waals surface area contributed by atoms with Crippen LogP contribution >= 0.6 is 0 Å². The van der Waals surface area contributed by atoms with Crippen molar-refractivity contribution >= 4 is 16.8 Å². The molecule has 0 aliphatic carbocycles. The number of benzene rings is 1. The molecule has 6 heteroatoms. The lowest BCUT2D eigenvalue weighted by molar-refractivity contribution is -0.0861. The lowest BCUT2D eigenvalue weighted by Crippen LogP contribution is -2.47. The third-order valence-electron chi connectivity index (χ3n) is 5.18. The number of H-pyrrole nitrogens is 1. The van der Waals surface area contributed by atoms with E-state index in [9.17, 15) is 9.90 Å². The van der Waals surface area contributed by atoms with E-state index in [4.69, 9.17) is 10.5 Å². The van der Waals surface area contributed by atoms with Gasteiger partial charge in [-0.3, -0.25) is 9.69 Å². The number of amides is 1. The number of nitrogens with zero attached hydrogens (tertiary/aromatic N) is 1. The Labute approximate surface area is 141 Å². The molecule has 1 saturated heterocycles. The second-order valence-corrected chi connectivity index (χ2v) is 6.58. The van der Waals surface area contributed by atoms with Gasteiger partial charge in [-0.15, -0.1) is 0 Å². The molecule has 130 valence electrons. The molecular weight excluding hydrogens is 306 g/mol. The maximum atomic E-state index is 11.4. The van der Waals surface area contributed by atoms with Gasteiger partial charge in [0, 0.05) is 36.1 Å². The first-order chi connectivity index (χ1) is 11.5. The third-order valence-corrected chi connectivity index (χ3v) is 5.18. The Kier molecular flexibility index (Phi) is 4.89. The molecule has 4 N–H and O–H groups in total. The molecule has 0 saturated carbocycles. The van der Waals surface area contributed by atoms with Gasteiger partial charge in [-0.25, -0.2) is 0 Å². The Morgan fingerprint density at radius 3 is 2.71 bits per heavy atom. The highest BCUT2D eigenvalue weighted by atomic mass is 16.5. The number of fused-ring (bicyclic) bond motifs is 1. The minimum atomic E-state index is -0.496. The summed E-state index contributed by atoms with van der Waals surface area (Å²) in [6.45, 7) is 7.04. The van der Waals surface area contributed by atoms with Crippen LogP contribution in [0.15, 0.2) is 24.4 Å². The summed E-state index contributed by atoms with van der Waals surface area (Å²) in [5.74, 6) is -0.183. The lowest BCUT2D eigenvalue weighted by atomic mass is 9.86. The number of carbonyl (C=O) groups is 1. The zero-order valence-corrected chi connectivity index (χ0v) is 14.2. The number of aromatic nitrogens is 1. The Morgan fingerprint density at radius 1 is 1.33 bits per heavy atom. The SMILES string of the molecule is CC(c1ccc2c(C(N)=O)c[nH]c2c1)C(C)C(O)N1CCOCC1. The fourth-order valence-corrected chi connectivity index (χ4v) is 3.37. The van der Waals surface area contributed by atoms with Crippen LogP contribution in [0.5, 0.6) is 0 Å². The summed E-state index contributed by atoms with van der Waals surface area (Å²) < 4.78 is 5.35. The summed E-state index contributed by atoms with van der Waals surface area (Å²) in [6, 6.07) is 5.97. The summed E-state index contributed by atoms with van der Waals surface area (Å²) in [6.07, 6.45) is 1.15. The third kappa shape index (κ3) is 3.17. The van der Waals surface area contributed by atoms with Crippen molar-refractivity contribution in [2.75, 3.05) is 26.3 Å². The molecule has 1 aliphatic rings. The van der Waals surface area contributed by atoms with E-state index in [1.165, 1.54) is 0 Å². The maximum absolute atomic E-state index is 11.4. The number of rotatable bonds is 5. The highest BCUT2D eigenvalue weighted by Crippen LogP contribution is 2.31. The molecule has 1 aromatic carbocycles. The minimum absolute atomic E-state index is 0.0751. The monoisotopic (exact) mass is 331 g/mol. The number of aromatic amines is 1. The molecule has 0 bridgehead atoms. The first-order valence-corrected chi connectivity index (χ1v) is 8.39. The fourth-order valence-electron chi connectivity index (χ4n) is 3.37. The summed E-state index contributed by atoms with van der Waals surface area (Å²) in [5, 5.41) is 11.5. The van der Waals surface area contributed by atoms with E-state index in [2.05, 4.69) is 23.7 Å². The molecule has 0 radical (unpaired) electrons. The zero-order valence-electron chi connectivity index (χ0n) is 14.2. The molecule has 2 heterocycles. The molecule has 24 heavy (non-hydrogen) atoms. The standard InChI is InChI=1S/C18H25N3O3/c1-11(12(2)18(23)21-5-7-24-8-6-21)13-3-4-14-15(17(19)22)10-20-16(14)9-13/h3-4,9-12,18,20,23H,5-8H2,1-2H3,(H2,19,22). The Morgan fingerprint density at radius 2 is 2.04 bits per heavy atom. The Balaban J connectivity index is 1.79. The van der Waals surface area contributed by atoms with E-state index in [0.29, 0.717) is 18.8 Å². The summed E-state index contributed by atoms with van der Waals surface area (Å²) in [4.78, 5) is 16.6. The second kappa shape index (κ2) is 6.93. The minimum Gasteiger partial charge on any atom is -0.379 e. The average Bonchev–Trinajstić information content (AvgIpc) is 3.04. The topological polar surface area (TPSA) is 91.6 Å². The van der Waals surface area contributed by atoms with Crippen LogP contribution in [0.25, 0.3) is 10.9 Å². The average molecular weight is 331 g/mol. The quantitative estimate of drug-likeness (QED) is 0.777. The van der Waals surface area contributed by atoms with E-state index in [-0.39, 0.29) is 11.8 Å². The molecule has 1 fully saturated rings. The van der Waals surface area contributed by atoms with Crippen LogP contribution in [0.3, 0.4) is 0 Å². The molecule has 6 nitrogen and oxygen atoms in total. The van der Waals surface area contributed by atoms with Gasteiger partial charge in [0.1, 0.15) is 6.23 Å². The van der Waals surface area contributed by atoms with Crippen molar-refractivity contribution in [1.29, 1.82) is 0 Å². The fraction of sp³-hybridized carbons (Fsp3) is 0.500. The number of primary amides is 1. The lowest BCUT2D eigenvalue weighted by Gasteiger charge is -2.36. The molecule has 1 amide bonds. The number of aliphatic hydroxyl groups is 1. The van der Waals surface area contributed by atoms with Gasteiger partial charge in [-0.2, -0.15) is 0 Å². The van der Waals surface area contributed by atoms with Crippen LogP contribution < -0.4 is 5.73 Å². The first kappa shape index (κ1) is 17.0. The number of nitrogens with two attached hydrogens (primary N) is 1. The Bertz CT molecular complexity index is 721. The smallest absolute Gasteiger partial charge is 0.250 e. The molecule has 3 unspecified atom stereocenters. The predicted molar refractivity (Wildman–Crippen MR) is 92.8 cm³/mol. The second-order valence-electron chi connectivity index (χ2n) is 6.58. The number of morpholine rings is 1. The van der Waals surface area contributed by atoms with E-state index >= 15 is 0 Å². The number of hydrogen-bond acceptors (Lipinski definition) is 4. The largest absolute Gasteiger partial charge is 0.379 e. The zero-order chi connectivity index (χ0) is 17.3. The van der Waals surface area contributed by atoms with Gasteiger partial charge in [-0.05, 0) is 17.5 Å². The summed E-state index contributed by atoms with van der Waals surface area (Å²) in [7, 11) is 0. The van der Waals surface area contributed by atoms with Crippen molar-refractivity contribution in [3.63, 3.8) is 0 Å². The van der Waals surface area contributed by atoms with Gasteiger partial charge in [0.05, 0.1) is 18.8 Å². The number of nitrogens with one attached hydrogen (secondary N) is 1. The maximum Gasteiger partial charge on any atom is 0.250 e. The molecule has 1 aromatic heterocycles. The van der Waals surface area contributed by atoms with E-state index in [1.807, 2.05) is 18.2 Å². The first-order valence-electron chi connectivity index (χ1n) is 8.39. The molecular formula is C18H25N3O3. The van der Waals surface area contributed by atoms with Gasteiger partial charge in [-0.1, -0.05) is 26.0 Å². The van der Waals surface area contributed by atoms with Crippen molar-refractivity contribution in [3.8, 4) is 0 Å². The molecule has 0 spiro atoms. The van der Waals surface area contributed by atoms with Crippen molar-refractivity contribution in [2.24, 2.45) is 11.7 Å². The van der Waals surface area contributed by atoms with E-state index < -0.39 is 12.1 Å². The van der Waals surface area contributed by atoms with E-state index in [0.717, 1.165) is 29.6 Å². The van der Waals surface area contributed by atoms with Crippen LogP contribution in [0, 0.1) is 5.92 Å². The van der Waals surface area contributed by atoms with Crippen molar-refractivity contribution in [1.82, 2.24) is 9.88 Å². The summed E-state index contributed by atoms with van der Waals surface area (Å²) in [5.41, 5.74) is 7.91. The number of ether oxygens (including phenoxy) is 1. The van der Waals surface area contributed by atoms with Crippen LogP contribution in [-0.4, -0.2) is 53.4 Å². The highest BCUT2D eigenvalue weighted by Gasteiger charge is 2.28. The molecule has 3 atom stereocenters. The van der Waals surface area contributed by atoms with Crippen LogP contribution in [0.2, 0.25) is 0 Å². The van der Waals surface area contributed by atoms with Crippen molar-refractivity contribution in [2.45, 2.75) is 26.0 Å². The van der Waals surface area contributed by atoms with Gasteiger partial charge in [0.2, 0.25) is 0 Å². The predicted octanol–water partition coefficient (Wildman–Crippen LogP) is 1.66. The van der Waals surface area contributed by atoms with Crippen LogP contribution in [0.4, 0.5) is 0 Å². The molecule has 1 aliphatic heterocycles. The Hall–Kier alpha value is -1.89. The highest BCUT2D eigenvalue weighted by molar-refractivity contribution is 6.06. The van der Waals surface area contributed by atoms with Gasteiger partial charge >= 0.3 is 0 Å². The van der Waals surface area contributed by atoms with Gasteiger partial charge < -0.3 is 20.6 Å². The van der Waals surface area contributed by atoms with Crippen molar-refractivity contribution in [3.05, 3.63) is 35.5 Å². The van der Waals surface area contributed by atoms with Crippen LogP contribution in [-0.2, 0) is 4.74 Å².